The predicted octanol–water partition coefficient (Wildman–Crippen LogP) is 3.58. The number of ether oxygens (including phenoxy) is 2. The molecule has 0 aliphatic rings. The largest absolute Gasteiger partial charge is 0.496 e. The molecule has 0 amide bonds. The highest BCUT2D eigenvalue weighted by Crippen LogP contribution is 2.36. The van der Waals surface area contributed by atoms with Gasteiger partial charge in [-0.3, -0.25) is 0 Å². The van der Waals surface area contributed by atoms with E-state index in [2.05, 4.69) is 35.6 Å². The number of hydrogen-bond acceptors (Lipinski definition) is 4. The van der Waals surface area contributed by atoms with Gasteiger partial charge in [-0.05, 0) is 23.8 Å². The third-order valence-corrected chi connectivity index (χ3v) is 4.24. The molecule has 4 heteroatoms. The Morgan fingerprint density at radius 1 is 0.952 bits per heavy atom. The van der Waals surface area contributed by atoms with Gasteiger partial charge in [0.15, 0.2) is 0 Å². The average molecular weight is 303 g/mol. The van der Waals surface area contributed by atoms with E-state index in [1.807, 2.05) is 18.2 Å². The van der Waals surface area contributed by atoms with E-state index in [9.17, 15) is 0 Å². The topological polar surface area (TPSA) is 30.5 Å². The van der Waals surface area contributed by atoms with Gasteiger partial charge < -0.3 is 14.8 Å². The third kappa shape index (κ3) is 4.77. The molecule has 112 valence electrons. The Balaban J connectivity index is 2.09. The van der Waals surface area contributed by atoms with Crippen molar-refractivity contribution in [2.45, 2.75) is 16.3 Å². The lowest BCUT2D eigenvalue weighted by Gasteiger charge is -2.12. The van der Waals surface area contributed by atoms with E-state index in [0.29, 0.717) is 0 Å². The standard InChI is InChI=1S/C17H21NO2S/c1-19-12-11-18-13-14-7-3-5-9-16(14)21-17-10-6-4-8-15(17)20-2/h3-10,18H,11-13H2,1-2H3. The molecule has 0 atom stereocenters. The van der Waals surface area contributed by atoms with E-state index < -0.39 is 0 Å². The van der Waals surface area contributed by atoms with Gasteiger partial charge in [0, 0.05) is 25.1 Å². The molecule has 2 aromatic rings. The molecule has 0 radical (unpaired) electrons. The van der Waals surface area contributed by atoms with Crippen LogP contribution in [-0.2, 0) is 11.3 Å². The van der Waals surface area contributed by atoms with Gasteiger partial charge in [0.1, 0.15) is 5.75 Å². The fourth-order valence-corrected chi connectivity index (χ4v) is 3.02. The van der Waals surface area contributed by atoms with Crippen LogP contribution in [0.2, 0.25) is 0 Å². The normalized spacial score (nSPS) is 10.6. The molecule has 0 bridgehead atoms. The first-order valence-corrected chi connectivity index (χ1v) is 7.75. The molecular weight excluding hydrogens is 282 g/mol. The molecule has 1 N–H and O–H groups in total. The Kier molecular flexibility index (Phi) is 6.60. The number of nitrogens with one attached hydrogen (secondary N) is 1. The molecule has 0 aliphatic heterocycles. The van der Waals surface area contributed by atoms with Gasteiger partial charge in [-0.1, -0.05) is 42.1 Å². The summed E-state index contributed by atoms with van der Waals surface area (Å²) >= 11 is 1.73. The van der Waals surface area contributed by atoms with Gasteiger partial charge >= 0.3 is 0 Å². The summed E-state index contributed by atoms with van der Waals surface area (Å²) in [6, 6.07) is 16.5. The van der Waals surface area contributed by atoms with Crippen LogP contribution in [0.5, 0.6) is 5.75 Å². The SMILES string of the molecule is COCCNCc1ccccc1Sc1ccccc1OC. The van der Waals surface area contributed by atoms with Crippen molar-refractivity contribution in [2.75, 3.05) is 27.4 Å². The van der Waals surface area contributed by atoms with E-state index in [0.717, 1.165) is 30.3 Å². The maximum atomic E-state index is 5.42. The Bertz CT molecular complexity index is 560. The number of methoxy groups -OCH3 is 2. The number of benzene rings is 2. The van der Waals surface area contributed by atoms with E-state index in [1.165, 1.54) is 10.5 Å². The zero-order valence-corrected chi connectivity index (χ0v) is 13.3. The van der Waals surface area contributed by atoms with Crippen molar-refractivity contribution in [3.63, 3.8) is 0 Å². The maximum absolute atomic E-state index is 5.42. The molecule has 0 saturated carbocycles. The first-order chi connectivity index (χ1) is 10.3. The predicted molar refractivity (Wildman–Crippen MR) is 87.1 cm³/mol. The molecule has 2 aromatic carbocycles. The van der Waals surface area contributed by atoms with Crippen LogP contribution in [-0.4, -0.2) is 27.4 Å². The minimum atomic E-state index is 0.724. The van der Waals surface area contributed by atoms with E-state index >= 15 is 0 Å². The van der Waals surface area contributed by atoms with Crippen molar-refractivity contribution in [3.05, 3.63) is 54.1 Å². The Morgan fingerprint density at radius 2 is 1.67 bits per heavy atom. The highest BCUT2D eigenvalue weighted by molar-refractivity contribution is 7.99. The van der Waals surface area contributed by atoms with E-state index in [4.69, 9.17) is 9.47 Å². The monoisotopic (exact) mass is 303 g/mol. The van der Waals surface area contributed by atoms with E-state index in [-0.39, 0.29) is 0 Å². The molecule has 0 aliphatic carbocycles. The van der Waals surface area contributed by atoms with Gasteiger partial charge in [0.05, 0.1) is 18.6 Å². The molecular formula is C17H21NO2S. The van der Waals surface area contributed by atoms with Crippen molar-refractivity contribution in [3.8, 4) is 5.75 Å². The Labute approximate surface area is 130 Å². The molecule has 0 fully saturated rings. The average Bonchev–Trinajstić information content (AvgIpc) is 2.53. The van der Waals surface area contributed by atoms with Crippen LogP contribution < -0.4 is 10.1 Å². The van der Waals surface area contributed by atoms with E-state index in [1.54, 1.807) is 26.0 Å². The van der Waals surface area contributed by atoms with Gasteiger partial charge in [-0.25, -0.2) is 0 Å². The summed E-state index contributed by atoms with van der Waals surface area (Å²) in [6.07, 6.45) is 0. The van der Waals surface area contributed by atoms with Gasteiger partial charge in [-0.15, -0.1) is 0 Å². The van der Waals surface area contributed by atoms with Crippen LogP contribution in [0, 0.1) is 0 Å². The summed E-state index contributed by atoms with van der Waals surface area (Å²) in [5, 5.41) is 3.39. The Hall–Kier alpha value is -1.49. The molecule has 3 nitrogen and oxygen atoms in total. The van der Waals surface area contributed by atoms with Crippen LogP contribution in [0.1, 0.15) is 5.56 Å². The summed E-state index contributed by atoms with van der Waals surface area (Å²) in [4.78, 5) is 2.37. The fourth-order valence-electron chi connectivity index (χ4n) is 1.97. The lowest BCUT2D eigenvalue weighted by Crippen LogP contribution is -2.18. The lowest BCUT2D eigenvalue weighted by molar-refractivity contribution is 0.199. The van der Waals surface area contributed by atoms with Crippen LogP contribution in [0.4, 0.5) is 0 Å². The van der Waals surface area contributed by atoms with Crippen LogP contribution in [0.25, 0.3) is 0 Å². The summed E-state index contributed by atoms with van der Waals surface area (Å²) in [6.45, 7) is 2.41. The number of rotatable bonds is 8. The first-order valence-electron chi connectivity index (χ1n) is 6.93. The van der Waals surface area contributed by atoms with Crippen LogP contribution in [0.15, 0.2) is 58.3 Å². The minimum Gasteiger partial charge on any atom is -0.496 e. The second-order valence-corrected chi connectivity index (χ2v) is 5.61. The minimum absolute atomic E-state index is 0.724. The van der Waals surface area contributed by atoms with Crippen molar-refractivity contribution >= 4 is 11.8 Å². The Morgan fingerprint density at radius 3 is 2.43 bits per heavy atom. The lowest BCUT2D eigenvalue weighted by atomic mass is 10.2. The fraction of sp³-hybridized carbons (Fsp3) is 0.294. The van der Waals surface area contributed by atoms with Crippen molar-refractivity contribution in [2.24, 2.45) is 0 Å². The van der Waals surface area contributed by atoms with Crippen LogP contribution in [0.3, 0.4) is 0 Å². The van der Waals surface area contributed by atoms with Gasteiger partial charge in [-0.2, -0.15) is 0 Å². The molecule has 0 saturated heterocycles. The number of para-hydroxylation sites is 1. The highest BCUT2D eigenvalue weighted by Gasteiger charge is 2.07. The molecule has 0 spiro atoms. The smallest absolute Gasteiger partial charge is 0.132 e. The summed E-state index contributed by atoms with van der Waals surface area (Å²) in [5.74, 6) is 0.907. The molecule has 0 heterocycles. The van der Waals surface area contributed by atoms with Crippen molar-refractivity contribution < 1.29 is 9.47 Å². The zero-order chi connectivity index (χ0) is 14.9. The molecule has 2 rings (SSSR count). The zero-order valence-electron chi connectivity index (χ0n) is 12.5. The summed E-state index contributed by atoms with van der Waals surface area (Å²) < 4.78 is 10.5. The third-order valence-electron chi connectivity index (χ3n) is 3.06. The summed E-state index contributed by atoms with van der Waals surface area (Å²) in [7, 11) is 3.42. The molecule has 21 heavy (non-hydrogen) atoms. The second-order valence-electron chi connectivity index (χ2n) is 4.53. The first kappa shape index (κ1) is 15.9. The van der Waals surface area contributed by atoms with Gasteiger partial charge in [0.25, 0.3) is 0 Å². The quantitative estimate of drug-likeness (QED) is 0.755. The highest BCUT2D eigenvalue weighted by atomic mass is 32.2. The number of hydrogen-bond donors (Lipinski definition) is 1. The maximum Gasteiger partial charge on any atom is 0.132 e. The van der Waals surface area contributed by atoms with Crippen molar-refractivity contribution in [1.29, 1.82) is 0 Å². The summed E-state index contributed by atoms with van der Waals surface area (Å²) in [5.41, 5.74) is 1.28. The van der Waals surface area contributed by atoms with Crippen molar-refractivity contribution in [1.82, 2.24) is 5.32 Å². The van der Waals surface area contributed by atoms with Crippen LogP contribution >= 0.6 is 11.8 Å². The van der Waals surface area contributed by atoms with Gasteiger partial charge in [0.2, 0.25) is 0 Å². The molecule has 0 aromatic heterocycles. The molecule has 0 unspecified atom stereocenters. The second kappa shape index (κ2) is 8.72.